The molecule has 3 aliphatic rings. The lowest BCUT2D eigenvalue weighted by Crippen LogP contribution is -2.44. The van der Waals surface area contributed by atoms with E-state index in [9.17, 15) is 10.1 Å². The number of aromatic nitrogens is 1. The number of nitrogens with zero attached hydrogens (tertiary/aromatic N) is 4. The molecule has 5 rings (SSSR count). The number of carbonyl (C=O) groups is 1. The number of hydrogen-bond donors (Lipinski definition) is 1. The van der Waals surface area contributed by atoms with Gasteiger partial charge in [0.2, 0.25) is 5.91 Å². The Bertz CT molecular complexity index is 887. The van der Waals surface area contributed by atoms with Crippen molar-refractivity contribution in [3.8, 4) is 6.07 Å². The van der Waals surface area contributed by atoms with Gasteiger partial charge in [0, 0.05) is 36.8 Å². The van der Waals surface area contributed by atoms with E-state index in [1.807, 2.05) is 11.0 Å². The monoisotopic (exact) mass is 351 g/mol. The van der Waals surface area contributed by atoms with Crippen molar-refractivity contribution in [2.24, 2.45) is 5.92 Å². The molecule has 0 radical (unpaired) electrons. The summed E-state index contributed by atoms with van der Waals surface area (Å²) in [6, 6.07) is 4.57. The summed E-state index contributed by atoms with van der Waals surface area (Å²) in [4.78, 5) is 21.0. The zero-order valence-corrected chi connectivity index (χ0v) is 14.5. The molecule has 3 fully saturated rings. The van der Waals surface area contributed by atoms with Gasteiger partial charge in [-0.05, 0) is 31.2 Å². The Kier molecular flexibility index (Phi) is 3.61. The molecule has 2 aliphatic heterocycles. The van der Waals surface area contributed by atoms with Gasteiger partial charge in [-0.25, -0.2) is 0 Å². The van der Waals surface area contributed by atoms with Gasteiger partial charge in [-0.2, -0.15) is 5.26 Å². The van der Waals surface area contributed by atoms with Gasteiger partial charge in [0.1, 0.15) is 6.04 Å². The summed E-state index contributed by atoms with van der Waals surface area (Å²) in [7, 11) is 0. The fraction of sp³-hybridized carbons (Fsp3) is 0.526. The first-order valence-electron chi connectivity index (χ1n) is 9.24. The van der Waals surface area contributed by atoms with Crippen LogP contribution in [0.1, 0.15) is 19.3 Å². The van der Waals surface area contributed by atoms with Crippen LogP contribution in [-0.2, 0) is 4.79 Å². The second-order valence-electron chi connectivity index (χ2n) is 7.64. The largest absolute Gasteiger partial charge is 0.462 e. The molecular weight excluding hydrogens is 330 g/mol. The van der Waals surface area contributed by atoms with Gasteiger partial charge in [0.25, 0.3) is 0 Å². The minimum Gasteiger partial charge on any atom is -0.462 e. The summed E-state index contributed by atoms with van der Waals surface area (Å²) >= 11 is 0. The summed E-state index contributed by atoms with van der Waals surface area (Å²) < 4.78 is 5.55. The normalized spacial score (nSPS) is 30.3. The minimum absolute atomic E-state index is 0.108. The standard InChI is InChI=1S/C19H21N5O2/c20-7-15-5-13-6-17(13)24(15)18(25)11-23-3-1-14(10-23)22-16-9-21-8-12-2-4-26-19(12)16/h2,4,8-9,13-15,17,22H,1,3,5-6,10-11H2/t13-,14+,15+,17+/m1/s1. The maximum absolute atomic E-state index is 12.7. The molecule has 0 unspecified atom stereocenters. The zero-order valence-electron chi connectivity index (χ0n) is 14.5. The van der Waals surface area contributed by atoms with Crippen LogP contribution in [0, 0.1) is 17.2 Å². The molecule has 7 heteroatoms. The van der Waals surface area contributed by atoms with Crippen molar-refractivity contribution in [2.75, 3.05) is 25.0 Å². The minimum atomic E-state index is -0.217. The molecule has 4 atom stereocenters. The Morgan fingerprint density at radius 3 is 3.23 bits per heavy atom. The van der Waals surface area contributed by atoms with Crippen LogP contribution in [0.25, 0.3) is 11.0 Å². The number of pyridine rings is 1. The summed E-state index contributed by atoms with van der Waals surface area (Å²) in [5.74, 6) is 0.676. The number of fused-ring (bicyclic) bond motifs is 2. The number of nitriles is 1. The molecule has 2 aromatic rings. The third kappa shape index (κ3) is 2.61. The average molecular weight is 351 g/mol. The lowest BCUT2D eigenvalue weighted by Gasteiger charge is -2.25. The zero-order chi connectivity index (χ0) is 17.7. The Hall–Kier alpha value is -2.59. The lowest BCUT2D eigenvalue weighted by molar-refractivity contribution is -0.133. The number of anilines is 1. The predicted octanol–water partition coefficient (Wildman–Crippen LogP) is 1.83. The van der Waals surface area contributed by atoms with Gasteiger partial charge >= 0.3 is 0 Å². The van der Waals surface area contributed by atoms with Crippen molar-refractivity contribution >= 4 is 22.6 Å². The van der Waals surface area contributed by atoms with Gasteiger partial charge in [-0.15, -0.1) is 0 Å². The number of furan rings is 1. The highest BCUT2D eigenvalue weighted by atomic mass is 16.3. The van der Waals surface area contributed by atoms with E-state index in [0.29, 0.717) is 18.5 Å². The van der Waals surface area contributed by atoms with Crippen LogP contribution in [0.4, 0.5) is 5.69 Å². The van der Waals surface area contributed by atoms with E-state index in [2.05, 4.69) is 21.3 Å². The number of carbonyl (C=O) groups excluding carboxylic acids is 1. The third-order valence-electron chi connectivity index (χ3n) is 5.89. The number of hydrogen-bond acceptors (Lipinski definition) is 6. The van der Waals surface area contributed by atoms with E-state index in [0.717, 1.165) is 49.0 Å². The fourth-order valence-electron chi connectivity index (χ4n) is 4.51. The van der Waals surface area contributed by atoms with Gasteiger partial charge in [-0.1, -0.05) is 0 Å². The summed E-state index contributed by atoms with van der Waals surface area (Å²) in [6.07, 6.45) is 8.15. The Morgan fingerprint density at radius 1 is 1.42 bits per heavy atom. The molecule has 7 nitrogen and oxygen atoms in total. The van der Waals surface area contributed by atoms with Crippen LogP contribution in [0.3, 0.4) is 0 Å². The molecule has 1 amide bonds. The highest BCUT2D eigenvalue weighted by Gasteiger charge is 2.54. The van der Waals surface area contributed by atoms with Crippen molar-refractivity contribution in [3.63, 3.8) is 0 Å². The van der Waals surface area contributed by atoms with Gasteiger partial charge in [0.05, 0.1) is 30.8 Å². The van der Waals surface area contributed by atoms with E-state index in [-0.39, 0.29) is 18.0 Å². The SMILES string of the molecule is N#C[C@@H]1C[C@@H]2C[C@@H]2N1C(=O)CN1CC[C@H](Nc2cncc3ccoc23)C1. The Labute approximate surface area is 151 Å². The number of nitrogens with one attached hydrogen (secondary N) is 1. The van der Waals surface area contributed by atoms with Crippen LogP contribution < -0.4 is 5.32 Å². The number of amides is 1. The van der Waals surface area contributed by atoms with E-state index >= 15 is 0 Å². The summed E-state index contributed by atoms with van der Waals surface area (Å²) in [5.41, 5.74) is 1.72. The van der Waals surface area contributed by atoms with E-state index < -0.39 is 0 Å². The van der Waals surface area contributed by atoms with E-state index in [1.54, 1.807) is 18.7 Å². The smallest absolute Gasteiger partial charge is 0.238 e. The lowest BCUT2D eigenvalue weighted by atomic mass is 10.2. The first kappa shape index (κ1) is 15.6. The molecule has 2 aromatic heterocycles. The molecule has 134 valence electrons. The summed E-state index contributed by atoms with van der Waals surface area (Å²) in [5, 5.41) is 13.8. The highest BCUT2D eigenvalue weighted by molar-refractivity contribution is 5.87. The molecule has 0 bridgehead atoms. The topological polar surface area (TPSA) is 85.4 Å². The second-order valence-corrected chi connectivity index (χ2v) is 7.64. The molecular formula is C19H21N5O2. The average Bonchev–Trinajstić information content (AvgIpc) is 3.04. The molecule has 2 saturated heterocycles. The van der Waals surface area contributed by atoms with Crippen molar-refractivity contribution in [1.29, 1.82) is 5.26 Å². The second kappa shape index (κ2) is 5.99. The number of likely N-dealkylation sites (tertiary alicyclic amines) is 2. The van der Waals surface area contributed by atoms with Gasteiger partial charge in [0.15, 0.2) is 5.58 Å². The Balaban J connectivity index is 1.20. The van der Waals surface area contributed by atoms with Gasteiger partial charge in [-0.3, -0.25) is 14.7 Å². The molecule has 26 heavy (non-hydrogen) atoms. The fourth-order valence-corrected chi connectivity index (χ4v) is 4.51. The maximum Gasteiger partial charge on any atom is 0.238 e. The molecule has 0 spiro atoms. The van der Waals surface area contributed by atoms with Crippen LogP contribution in [-0.4, -0.2) is 58.5 Å². The number of rotatable bonds is 4. The van der Waals surface area contributed by atoms with E-state index in [1.165, 1.54) is 0 Å². The highest BCUT2D eigenvalue weighted by Crippen LogP contribution is 2.47. The van der Waals surface area contributed by atoms with Crippen molar-refractivity contribution in [3.05, 3.63) is 24.7 Å². The van der Waals surface area contributed by atoms with Crippen LogP contribution >= 0.6 is 0 Å². The molecule has 0 aromatic carbocycles. The maximum atomic E-state index is 12.7. The quantitative estimate of drug-likeness (QED) is 0.904. The van der Waals surface area contributed by atoms with Crippen molar-refractivity contribution in [2.45, 2.75) is 37.4 Å². The van der Waals surface area contributed by atoms with Gasteiger partial charge < -0.3 is 14.6 Å². The number of piperidine rings is 1. The first-order chi connectivity index (χ1) is 12.7. The van der Waals surface area contributed by atoms with Crippen LogP contribution in [0.2, 0.25) is 0 Å². The van der Waals surface area contributed by atoms with Crippen LogP contribution in [0.5, 0.6) is 0 Å². The molecule has 1 aliphatic carbocycles. The first-order valence-corrected chi connectivity index (χ1v) is 9.24. The molecule has 1 saturated carbocycles. The predicted molar refractivity (Wildman–Crippen MR) is 95.2 cm³/mol. The Morgan fingerprint density at radius 2 is 2.35 bits per heavy atom. The van der Waals surface area contributed by atoms with Crippen molar-refractivity contribution < 1.29 is 9.21 Å². The molecule has 4 heterocycles. The van der Waals surface area contributed by atoms with Crippen molar-refractivity contribution in [1.82, 2.24) is 14.8 Å². The summed E-state index contributed by atoms with van der Waals surface area (Å²) in [6.45, 7) is 2.09. The molecule has 1 N–H and O–H groups in total. The van der Waals surface area contributed by atoms with E-state index in [4.69, 9.17) is 4.42 Å². The third-order valence-corrected chi connectivity index (χ3v) is 5.89. The van der Waals surface area contributed by atoms with Crippen LogP contribution in [0.15, 0.2) is 29.1 Å².